The third kappa shape index (κ3) is 5.50. The van der Waals surface area contributed by atoms with Gasteiger partial charge in [-0.15, -0.1) is 0 Å². The molecule has 1 aromatic heterocycles. The van der Waals surface area contributed by atoms with E-state index in [0.717, 1.165) is 12.3 Å². The van der Waals surface area contributed by atoms with Crippen molar-refractivity contribution in [2.45, 2.75) is 52.7 Å². The van der Waals surface area contributed by atoms with Crippen molar-refractivity contribution in [1.29, 1.82) is 5.26 Å². The highest BCUT2D eigenvalue weighted by molar-refractivity contribution is 6.09. The molecule has 0 fully saturated rings. The number of hydrogen-bond donors (Lipinski definition) is 0. The maximum absolute atomic E-state index is 13.8. The molecule has 0 aliphatic rings. The van der Waals surface area contributed by atoms with Crippen molar-refractivity contribution in [3.05, 3.63) is 23.8 Å². The number of anilines is 1. The number of halogens is 1. The topological polar surface area (TPSA) is 92.5 Å². The van der Waals surface area contributed by atoms with Gasteiger partial charge in [-0.25, -0.2) is 19.0 Å². The van der Waals surface area contributed by atoms with Gasteiger partial charge in [-0.05, 0) is 41.5 Å². The van der Waals surface area contributed by atoms with Gasteiger partial charge in [-0.2, -0.15) is 10.2 Å². The first-order valence-corrected chi connectivity index (χ1v) is 7.16. The Balaban J connectivity index is 3.28. The highest BCUT2D eigenvalue weighted by atomic mass is 19.1. The molecule has 0 aromatic carbocycles. The van der Waals surface area contributed by atoms with E-state index < -0.39 is 34.9 Å². The molecular formula is C16H20FN3O4. The minimum atomic E-state index is -1.04. The van der Waals surface area contributed by atoms with Crippen molar-refractivity contribution in [2.24, 2.45) is 0 Å². The molecule has 0 unspecified atom stereocenters. The lowest BCUT2D eigenvalue weighted by Crippen LogP contribution is -2.44. The van der Waals surface area contributed by atoms with Gasteiger partial charge in [0.05, 0.1) is 11.9 Å². The molecule has 7 nitrogen and oxygen atoms in total. The lowest BCUT2D eigenvalue weighted by Gasteiger charge is -2.28. The fraction of sp³-hybridized carbons (Fsp3) is 0.500. The fourth-order valence-corrected chi connectivity index (χ4v) is 1.53. The second kappa shape index (κ2) is 6.83. The first kappa shape index (κ1) is 19.4. The number of rotatable bonds is 1. The quantitative estimate of drug-likeness (QED) is 0.774. The van der Waals surface area contributed by atoms with Gasteiger partial charge < -0.3 is 9.47 Å². The van der Waals surface area contributed by atoms with Gasteiger partial charge in [0.15, 0.2) is 11.5 Å². The Hall–Kier alpha value is -2.69. The second-order valence-corrected chi connectivity index (χ2v) is 6.93. The third-order valence-corrected chi connectivity index (χ3v) is 2.34. The van der Waals surface area contributed by atoms with Crippen LogP contribution in [0.5, 0.6) is 0 Å². The molecule has 1 aromatic rings. The van der Waals surface area contributed by atoms with Crippen molar-refractivity contribution in [3.8, 4) is 6.07 Å². The number of hydrogen-bond acceptors (Lipinski definition) is 6. The second-order valence-electron chi connectivity index (χ2n) is 6.93. The van der Waals surface area contributed by atoms with E-state index in [1.165, 1.54) is 0 Å². The van der Waals surface area contributed by atoms with Gasteiger partial charge in [0.25, 0.3) is 0 Å². The zero-order valence-corrected chi connectivity index (χ0v) is 14.5. The number of carbonyl (C=O) groups is 2. The van der Waals surface area contributed by atoms with E-state index in [1.807, 2.05) is 0 Å². The first-order chi connectivity index (χ1) is 10.8. The van der Waals surface area contributed by atoms with Gasteiger partial charge in [-0.1, -0.05) is 0 Å². The summed E-state index contributed by atoms with van der Waals surface area (Å²) in [5, 5.41) is 8.72. The van der Waals surface area contributed by atoms with Crippen LogP contribution in [0.3, 0.4) is 0 Å². The molecule has 0 aliphatic heterocycles. The number of amides is 2. The van der Waals surface area contributed by atoms with Crippen LogP contribution in [-0.2, 0) is 9.47 Å². The Morgan fingerprint density at radius 3 is 1.92 bits per heavy atom. The van der Waals surface area contributed by atoms with Crippen LogP contribution in [0.4, 0.5) is 19.7 Å². The Labute approximate surface area is 140 Å². The van der Waals surface area contributed by atoms with Gasteiger partial charge in [0.2, 0.25) is 0 Å². The van der Waals surface area contributed by atoms with E-state index in [1.54, 1.807) is 47.6 Å². The zero-order chi connectivity index (χ0) is 18.7. The minimum absolute atomic E-state index is 0.199. The van der Waals surface area contributed by atoms with Gasteiger partial charge in [-0.3, -0.25) is 0 Å². The van der Waals surface area contributed by atoms with Crippen molar-refractivity contribution in [2.75, 3.05) is 4.90 Å². The normalized spacial score (nSPS) is 11.4. The Kier molecular flexibility index (Phi) is 5.50. The van der Waals surface area contributed by atoms with Crippen LogP contribution >= 0.6 is 0 Å². The fourth-order valence-electron chi connectivity index (χ4n) is 1.53. The summed E-state index contributed by atoms with van der Waals surface area (Å²) in [6, 6.07) is 2.41. The molecule has 0 atom stereocenters. The van der Waals surface area contributed by atoms with Gasteiger partial charge >= 0.3 is 12.2 Å². The van der Waals surface area contributed by atoms with Crippen LogP contribution in [0, 0.1) is 17.1 Å². The maximum atomic E-state index is 13.8. The summed E-state index contributed by atoms with van der Waals surface area (Å²) in [4.78, 5) is 28.8. The van der Waals surface area contributed by atoms with Crippen molar-refractivity contribution in [3.63, 3.8) is 0 Å². The maximum Gasteiger partial charge on any atom is 0.424 e. The predicted octanol–water partition coefficient (Wildman–Crippen LogP) is 3.77. The zero-order valence-electron chi connectivity index (χ0n) is 14.5. The number of nitriles is 1. The van der Waals surface area contributed by atoms with Gasteiger partial charge in [0.1, 0.15) is 17.3 Å². The molecule has 1 rings (SSSR count). The highest BCUT2D eigenvalue weighted by Gasteiger charge is 2.33. The van der Waals surface area contributed by atoms with E-state index >= 15 is 0 Å². The monoisotopic (exact) mass is 337 g/mol. The summed E-state index contributed by atoms with van der Waals surface area (Å²) in [5.74, 6) is -0.966. The molecule has 0 spiro atoms. The van der Waals surface area contributed by atoms with E-state index in [-0.39, 0.29) is 5.69 Å². The summed E-state index contributed by atoms with van der Waals surface area (Å²) in [6.45, 7) is 9.72. The molecular weight excluding hydrogens is 317 g/mol. The Bertz CT molecular complexity index is 656. The number of carbonyl (C=O) groups excluding carboxylic acids is 2. The molecule has 0 aliphatic carbocycles. The summed E-state index contributed by atoms with van der Waals surface area (Å²) < 4.78 is 24.1. The molecule has 24 heavy (non-hydrogen) atoms. The largest absolute Gasteiger partial charge is 0.443 e. The molecule has 2 amide bonds. The van der Waals surface area contributed by atoms with E-state index in [9.17, 15) is 14.0 Å². The molecule has 130 valence electrons. The van der Waals surface area contributed by atoms with E-state index in [0.29, 0.717) is 4.90 Å². The van der Waals surface area contributed by atoms with Crippen LogP contribution in [0.25, 0.3) is 0 Å². The molecule has 0 radical (unpaired) electrons. The van der Waals surface area contributed by atoms with Crippen molar-refractivity contribution >= 4 is 17.9 Å². The molecule has 0 saturated heterocycles. The highest BCUT2D eigenvalue weighted by Crippen LogP contribution is 2.22. The van der Waals surface area contributed by atoms with E-state index in [4.69, 9.17) is 14.7 Å². The molecule has 0 bridgehead atoms. The average molecular weight is 337 g/mol. The summed E-state index contributed by atoms with van der Waals surface area (Å²) in [5.41, 5.74) is -2.41. The van der Waals surface area contributed by atoms with Gasteiger partial charge in [0, 0.05) is 6.07 Å². The van der Waals surface area contributed by atoms with Crippen molar-refractivity contribution < 1.29 is 23.5 Å². The van der Waals surface area contributed by atoms with Crippen LogP contribution < -0.4 is 4.90 Å². The lowest BCUT2D eigenvalue weighted by atomic mass is 10.2. The number of pyridine rings is 1. The number of aromatic nitrogens is 1. The minimum Gasteiger partial charge on any atom is -0.443 e. The Morgan fingerprint density at radius 2 is 1.58 bits per heavy atom. The van der Waals surface area contributed by atoms with Crippen LogP contribution in [0.1, 0.15) is 47.2 Å². The standard InChI is InChI=1S/C16H20FN3O4/c1-15(2,3)23-13(21)20(14(22)24-16(4,5)6)10-7-11(17)12(8-18)19-9-10/h7,9H,1-6H3. The summed E-state index contributed by atoms with van der Waals surface area (Å²) in [6.07, 6.45) is -1.06. The first-order valence-electron chi connectivity index (χ1n) is 7.16. The summed E-state index contributed by atoms with van der Waals surface area (Å²) in [7, 11) is 0. The lowest BCUT2D eigenvalue weighted by molar-refractivity contribution is 0.0430. The molecule has 0 N–H and O–H groups in total. The van der Waals surface area contributed by atoms with Crippen LogP contribution in [0.2, 0.25) is 0 Å². The predicted molar refractivity (Wildman–Crippen MR) is 83.9 cm³/mol. The third-order valence-electron chi connectivity index (χ3n) is 2.34. The molecule has 8 heteroatoms. The van der Waals surface area contributed by atoms with Crippen LogP contribution in [0.15, 0.2) is 12.3 Å². The smallest absolute Gasteiger partial charge is 0.424 e. The number of imide groups is 1. The van der Waals surface area contributed by atoms with Crippen molar-refractivity contribution in [1.82, 2.24) is 4.98 Å². The number of nitrogens with zero attached hydrogens (tertiary/aromatic N) is 3. The average Bonchev–Trinajstić information content (AvgIpc) is 2.34. The molecule has 0 saturated carbocycles. The number of ether oxygens (including phenoxy) is 2. The van der Waals surface area contributed by atoms with E-state index in [2.05, 4.69) is 4.98 Å². The molecule has 1 heterocycles. The Morgan fingerprint density at radius 1 is 1.12 bits per heavy atom. The van der Waals surface area contributed by atoms with Crippen LogP contribution in [-0.4, -0.2) is 28.4 Å². The summed E-state index contributed by atoms with van der Waals surface area (Å²) >= 11 is 0. The SMILES string of the molecule is CC(C)(C)OC(=O)N(C(=O)OC(C)(C)C)c1cnc(C#N)c(F)c1.